The molecule has 2 heterocycles. The molecule has 3 rings (SSSR count). The smallest absolute Gasteiger partial charge is 0.237 e. The van der Waals surface area contributed by atoms with Gasteiger partial charge >= 0.3 is 0 Å². The van der Waals surface area contributed by atoms with Crippen LogP contribution < -0.4 is 5.73 Å². The highest BCUT2D eigenvalue weighted by Gasteiger charge is 2.40. The first kappa shape index (κ1) is 18.8. The van der Waals surface area contributed by atoms with Gasteiger partial charge in [-0.1, -0.05) is 30.3 Å². The molecule has 1 spiro atoms. The second-order valence-corrected chi connectivity index (χ2v) is 6.90. The molecule has 0 bridgehead atoms. The monoisotopic (exact) mass is 361 g/mol. The van der Waals surface area contributed by atoms with Crippen LogP contribution in [0, 0.1) is 0 Å². The maximum atomic E-state index is 12.8. The zero-order valence-corrected chi connectivity index (χ0v) is 15.1. The number of likely N-dealkylation sites (tertiary alicyclic amines) is 1. The lowest BCUT2D eigenvalue weighted by Crippen LogP contribution is -2.49. The largest absolute Gasteiger partial charge is 0.370 e. The summed E-state index contributed by atoms with van der Waals surface area (Å²) in [6.45, 7) is 3.99. The quantitative estimate of drug-likeness (QED) is 0.774. The Bertz CT molecular complexity index is 606. The molecule has 0 saturated carbocycles. The van der Waals surface area contributed by atoms with E-state index in [0.29, 0.717) is 32.8 Å². The molecule has 7 heteroatoms. The van der Waals surface area contributed by atoms with Crippen LogP contribution in [0.15, 0.2) is 30.3 Å². The van der Waals surface area contributed by atoms with E-state index in [4.69, 9.17) is 15.2 Å². The minimum atomic E-state index is -0.435. The summed E-state index contributed by atoms with van der Waals surface area (Å²) in [6.07, 6.45) is 1.73. The first-order valence-electron chi connectivity index (χ1n) is 9.17. The summed E-state index contributed by atoms with van der Waals surface area (Å²) in [4.78, 5) is 27.8. The number of hydrogen-bond acceptors (Lipinski definition) is 5. The number of rotatable bonds is 7. The molecule has 2 N–H and O–H groups in total. The van der Waals surface area contributed by atoms with Crippen molar-refractivity contribution in [2.75, 3.05) is 39.4 Å². The molecular weight excluding hydrogens is 334 g/mol. The van der Waals surface area contributed by atoms with E-state index in [-0.39, 0.29) is 12.3 Å². The highest BCUT2D eigenvalue weighted by atomic mass is 16.7. The number of piperidine rings is 1. The van der Waals surface area contributed by atoms with Crippen LogP contribution in [0.5, 0.6) is 0 Å². The summed E-state index contributed by atoms with van der Waals surface area (Å²) in [6, 6.07) is 9.78. The number of nitrogens with two attached hydrogens (primary N) is 1. The van der Waals surface area contributed by atoms with Crippen molar-refractivity contribution in [1.82, 2.24) is 9.80 Å². The molecule has 0 radical (unpaired) electrons. The van der Waals surface area contributed by atoms with E-state index in [1.54, 1.807) is 4.90 Å². The number of amides is 2. The Morgan fingerprint density at radius 2 is 1.77 bits per heavy atom. The van der Waals surface area contributed by atoms with Crippen molar-refractivity contribution in [3.05, 3.63) is 35.9 Å². The number of hydrogen-bond donors (Lipinski definition) is 1. The highest BCUT2D eigenvalue weighted by Crippen LogP contribution is 2.31. The SMILES string of the molecule is NC(=O)CCN(Cc1ccccc1)C(=O)CN1CCC2(CC1)OCCO2. The summed E-state index contributed by atoms with van der Waals surface area (Å²) < 4.78 is 11.5. The lowest BCUT2D eigenvalue weighted by Gasteiger charge is -2.38. The van der Waals surface area contributed by atoms with Crippen LogP contribution in [0.25, 0.3) is 0 Å². The molecule has 26 heavy (non-hydrogen) atoms. The Labute approximate surface area is 154 Å². The highest BCUT2D eigenvalue weighted by molar-refractivity contribution is 5.79. The second kappa shape index (κ2) is 8.62. The third-order valence-corrected chi connectivity index (χ3v) is 4.99. The van der Waals surface area contributed by atoms with Gasteiger partial charge in [-0.05, 0) is 5.56 Å². The Kier molecular flexibility index (Phi) is 6.24. The molecule has 1 aromatic carbocycles. The van der Waals surface area contributed by atoms with Gasteiger partial charge < -0.3 is 20.1 Å². The van der Waals surface area contributed by atoms with Crippen molar-refractivity contribution in [2.45, 2.75) is 31.6 Å². The average molecular weight is 361 g/mol. The Morgan fingerprint density at radius 3 is 2.38 bits per heavy atom. The van der Waals surface area contributed by atoms with Gasteiger partial charge in [0, 0.05) is 45.4 Å². The molecule has 2 aliphatic heterocycles. The number of carbonyl (C=O) groups is 2. The van der Waals surface area contributed by atoms with Gasteiger partial charge in [0.2, 0.25) is 11.8 Å². The van der Waals surface area contributed by atoms with Crippen LogP contribution in [0.1, 0.15) is 24.8 Å². The van der Waals surface area contributed by atoms with Gasteiger partial charge in [0.1, 0.15) is 0 Å². The molecule has 142 valence electrons. The van der Waals surface area contributed by atoms with Gasteiger partial charge in [-0.3, -0.25) is 14.5 Å². The molecule has 0 unspecified atom stereocenters. The van der Waals surface area contributed by atoms with Gasteiger partial charge in [-0.2, -0.15) is 0 Å². The second-order valence-electron chi connectivity index (χ2n) is 6.90. The molecule has 0 aliphatic carbocycles. The fraction of sp³-hybridized carbons (Fsp3) is 0.579. The number of benzene rings is 1. The van der Waals surface area contributed by atoms with Gasteiger partial charge in [0.05, 0.1) is 19.8 Å². The summed E-state index contributed by atoms with van der Waals surface area (Å²) in [5, 5.41) is 0. The van der Waals surface area contributed by atoms with Crippen LogP contribution in [-0.4, -0.2) is 66.8 Å². The normalized spacial score (nSPS) is 19.5. The topological polar surface area (TPSA) is 85.1 Å². The molecule has 2 amide bonds. The summed E-state index contributed by atoms with van der Waals surface area (Å²) >= 11 is 0. The van der Waals surface area contributed by atoms with E-state index in [1.165, 1.54) is 0 Å². The fourth-order valence-corrected chi connectivity index (χ4v) is 3.47. The van der Waals surface area contributed by atoms with Crippen molar-refractivity contribution < 1.29 is 19.1 Å². The van der Waals surface area contributed by atoms with Crippen molar-refractivity contribution in [3.63, 3.8) is 0 Å². The lowest BCUT2D eigenvalue weighted by atomic mass is 10.0. The molecule has 0 aromatic heterocycles. The molecule has 2 saturated heterocycles. The first-order valence-corrected chi connectivity index (χ1v) is 9.17. The zero-order valence-electron chi connectivity index (χ0n) is 15.1. The van der Waals surface area contributed by atoms with Gasteiger partial charge in [-0.15, -0.1) is 0 Å². The van der Waals surface area contributed by atoms with Crippen molar-refractivity contribution in [3.8, 4) is 0 Å². The van der Waals surface area contributed by atoms with E-state index in [0.717, 1.165) is 31.5 Å². The van der Waals surface area contributed by atoms with Gasteiger partial charge in [-0.25, -0.2) is 0 Å². The van der Waals surface area contributed by atoms with Crippen LogP contribution in [0.4, 0.5) is 0 Å². The predicted molar refractivity (Wildman–Crippen MR) is 96.0 cm³/mol. The van der Waals surface area contributed by atoms with Crippen LogP contribution in [0.2, 0.25) is 0 Å². The Morgan fingerprint density at radius 1 is 1.12 bits per heavy atom. The third-order valence-electron chi connectivity index (χ3n) is 4.99. The molecule has 2 fully saturated rings. The zero-order chi connectivity index (χ0) is 18.4. The van der Waals surface area contributed by atoms with Gasteiger partial charge in [0.15, 0.2) is 5.79 Å². The number of nitrogens with zero attached hydrogens (tertiary/aromatic N) is 2. The summed E-state index contributed by atoms with van der Waals surface area (Å²) in [5.41, 5.74) is 6.31. The van der Waals surface area contributed by atoms with Crippen LogP contribution in [0.3, 0.4) is 0 Å². The number of carbonyl (C=O) groups excluding carboxylic acids is 2. The lowest BCUT2D eigenvalue weighted by molar-refractivity contribution is -0.186. The predicted octanol–water partition coefficient (Wildman–Crippen LogP) is 0.729. The standard InChI is InChI=1S/C19H27N3O4/c20-17(23)6-9-22(14-16-4-2-1-3-5-16)18(24)15-21-10-7-19(8-11-21)25-12-13-26-19/h1-5H,6-15H2,(H2,20,23). The van der Waals surface area contributed by atoms with Crippen molar-refractivity contribution in [1.29, 1.82) is 0 Å². The minimum absolute atomic E-state index is 0.0133. The van der Waals surface area contributed by atoms with E-state index in [2.05, 4.69) is 4.90 Å². The average Bonchev–Trinajstić information content (AvgIpc) is 3.09. The van der Waals surface area contributed by atoms with E-state index in [9.17, 15) is 9.59 Å². The van der Waals surface area contributed by atoms with Crippen molar-refractivity contribution >= 4 is 11.8 Å². The van der Waals surface area contributed by atoms with Crippen molar-refractivity contribution in [2.24, 2.45) is 5.73 Å². The molecule has 1 aromatic rings. The summed E-state index contributed by atoms with van der Waals surface area (Å²) in [7, 11) is 0. The Hall–Kier alpha value is -1.96. The maximum absolute atomic E-state index is 12.8. The number of primary amides is 1. The fourth-order valence-electron chi connectivity index (χ4n) is 3.47. The minimum Gasteiger partial charge on any atom is -0.370 e. The molecule has 0 atom stereocenters. The number of ether oxygens (including phenoxy) is 2. The summed E-state index contributed by atoms with van der Waals surface area (Å²) in [5.74, 6) is -0.819. The molecule has 7 nitrogen and oxygen atoms in total. The Balaban J connectivity index is 1.55. The van der Waals surface area contributed by atoms with E-state index >= 15 is 0 Å². The van der Waals surface area contributed by atoms with Crippen LogP contribution >= 0.6 is 0 Å². The first-order chi connectivity index (χ1) is 12.6. The molecule has 2 aliphatic rings. The maximum Gasteiger partial charge on any atom is 0.237 e. The van der Waals surface area contributed by atoms with Gasteiger partial charge in [0.25, 0.3) is 0 Å². The molecular formula is C19H27N3O4. The van der Waals surface area contributed by atoms with Crippen LogP contribution in [-0.2, 0) is 25.6 Å². The van der Waals surface area contributed by atoms with E-state index in [1.807, 2.05) is 30.3 Å². The third kappa shape index (κ3) is 5.03. The van der Waals surface area contributed by atoms with E-state index < -0.39 is 11.7 Å².